The number of imidazole rings is 1. The first-order chi connectivity index (χ1) is 12.3. The molecular weight excluding hydrogens is 378 g/mol. The lowest BCUT2D eigenvalue weighted by Crippen LogP contribution is -2.30. The Balaban J connectivity index is 1.55. The van der Waals surface area contributed by atoms with E-state index in [1.807, 2.05) is 6.92 Å². The fourth-order valence-electron chi connectivity index (χ4n) is 2.25. The van der Waals surface area contributed by atoms with Gasteiger partial charge in [-0.15, -0.1) is 0 Å². The number of carbonyl (C=O) groups is 1. The van der Waals surface area contributed by atoms with Gasteiger partial charge in [-0.05, 0) is 31.2 Å². The third-order valence-electron chi connectivity index (χ3n) is 3.58. The van der Waals surface area contributed by atoms with Gasteiger partial charge in [0, 0.05) is 12.4 Å². The molecule has 0 spiro atoms. The van der Waals surface area contributed by atoms with E-state index in [2.05, 4.69) is 9.71 Å². The lowest BCUT2D eigenvalue weighted by molar-refractivity contribution is -0.143. The van der Waals surface area contributed by atoms with Crippen LogP contribution in [0.1, 0.15) is 11.3 Å². The predicted molar refractivity (Wildman–Crippen MR) is 96.4 cm³/mol. The average molecular weight is 394 g/mol. The van der Waals surface area contributed by atoms with Gasteiger partial charge in [0.05, 0.1) is 15.6 Å². The highest BCUT2D eigenvalue weighted by Gasteiger charge is 2.16. The maximum absolute atomic E-state index is 12.1. The van der Waals surface area contributed by atoms with Crippen molar-refractivity contribution in [2.75, 3.05) is 6.54 Å². The second-order valence-corrected chi connectivity index (χ2v) is 7.85. The van der Waals surface area contributed by atoms with Crippen LogP contribution in [0.3, 0.4) is 0 Å². The summed E-state index contributed by atoms with van der Waals surface area (Å²) in [6, 6.07) is 9.77. The lowest BCUT2D eigenvalue weighted by Gasteiger charge is -2.07. The number of fused-ring (bicyclic) bond motifs is 1. The third kappa shape index (κ3) is 4.40. The molecule has 2 heterocycles. The molecule has 1 aromatic carbocycles. The van der Waals surface area contributed by atoms with Crippen LogP contribution in [0.5, 0.6) is 0 Å². The van der Waals surface area contributed by atoms with E-state index in [4.69, 9.17) is 16.3 Å². The van der Waals surface area contributed by atoms with Gasteiger partial charge in [-0.3, -0.25) is 4.79 Å². The number of sulfonamides is 1. The highest BCUT2D eigenvalue weighted by molar-refractivity contribution is 7.89. The number of hydrogen-bond acceptors (Lipinski definition) is 5. The maximum Gasteiger partial charge on any atom is 0.321 e. The number of benzene rings is 1. The van der Waals surface area contributed by atoms with E-state index < -0.39 is 22.5 Å². The number of nitrogens with one attached hydrogen (secondary N) is 1. The summed E-state index contributed by atoms with van der Waals surface area (Å²) in [6.07, 6.45) is 3.37. The van der Waals surface area contributed by atoms with Gasteiger partial charge in [0.1, 0.15) is 18.8 Å². The molecule has 0 atom stereocenters. The van der Waals surface area contributed by atoms with Gasteiger partial charge in [0.25, 0.3) is 0 Å². The second kappa shape index (κ2) is 7.45. The van der Waals surface area contributed by atoms with Crippen molar-refractivity contribution in [3.05, 3.63) is 65.1 Å². The van der Waals surface area contributed by atoms with E-state index in [0.29, 0.717) is 16.4 Å². The number of ether oxygens (including phenoxy) is 1. The molecule has 0 aliphatic heterocycles. The summed E-state index contributed by atoms with van der Waals surface area (Å²) in [5.74, 6) is -0.698. The van der Waals surface area contributed by atoms with Crippen molar-refractivity contribution < 1.29 is 17.9 Å². The molecule has 136 valence electrons. The molecule has 9 heteroatoms. The average Bonchev–Trinajstić information content (AvgIpc) is 3.00. The molecule has 26 heavy (non-hydrogen) atoms. The van der Waals surface area contributed by atoms with Crippen LogP contribution in [0.15, 0.2) is 53.7 Å². The minimum atomic E-state index is -3.77. The van der Waals surface area contributed by atoms with E-state index in [1.165, 1.54) is 12.1 Å². The molecule has 3 rings (SSSR count). The summed E-state index contributed by atoms with van der Waals surface area (Å²) in [5.41, 5.74) is 2.14. The third-order valence-corrected chi connectivity index (χ3v) is 5.22. The Bertz CT molecular complexity index is 1050. The molecule has 0 radical (unpaired) electrons. The quantitative estimate of drug-likeness (QED) is 0.649. The van der Waals surface area contributed by atoms with E-state index in [9.17, 15) is 13.2 Å². The molecule has 0 saturated heterocycles. The Morgan fingerprint density at radius 3 is 2.65 bits per heavy atom. The topological polar surface area (TPSA) is 89.8 Å². The number of carbonyl (C=O) groups excluding carboxylic acids is 1. The predicted octanol–water partition coefficient (Wildman–Crippen LogP) is 2.32. The van der Waals surface area contributed by atoms with Gasteiger partial charge in [0.15, 0.2) is 0 Å². The van der Waals surface area contributed by atoms with Crippen LogP contribution in [0.4, 0.5) is 0 Å². The van der Waals surface area contributed by atoms with Crippen LogP contribution >= 0.6 is 11.6 Å². The number of rotatable bonds is 6. The molecule has 3 aromatic rings. The second-order valence-electron chi connectivity index (χ2n) is 5.64. The summed E-state index contributed by atoms with van der Waals surface area (Å²) >= 11 is 5.90. The molecule has 0 aliphatic rings. The number of esters is 1. The monoisotopic (exact) mass is 393 g/mol. The van der Waals surface area contributed by atoms with Crippen molar-refractivity contribution in [1.82, 2.24) is 14.1 Å². The molecule has 0 amide bonds. The minimum Gasteiger partial charge on any atom is -0.458 e. The number of halogens is 1. The van der Waals surface area contributed by atoms with Gasteiger partial charge in [-0.25, -0.2) is 13.4 Å². The largest absolute Gasteiger partial charge is 0.458 e. The Labute approximate surface area is 155 Å². The molecule has 0 saturated carbocycles. The van der Waals surface area contributed by atoms with Crippen molar-refractivity contribution in [2.45, 2.75) is 18.4 Å². The molecule has 0 unspecified atom stereocenters. The Morgan fingerprint density at radius 1 is 1.19 bits per heavy atom. The van der Waals surface area contributed by atoms with Gasteiger partial charge < -0.3 is 9.14 Å². The Hall–Kier alpha value is -2.42. The van der Waals surface area contributed by atoms with Crippen LogP contribution in [0.25, 0.3) is 5.65 Å². The van der Waals surface area contributed by atoms with Crippen molar-refractivity contribution in [2.24, 2.45) is 0 Å². The molecule has 0 fully saturated rings. The Morgan fingerprint density at radius 2 is 1.92 bits per heavy atom. The fraction of sp³-hybridized carbons (Fsp3) is 0.176. The summed E-state index contributed by atoms with van der Waals surface area (Å²) in [7, 11) is -3.77. The first-order valence-corrected chi connectivity index (χ1v) is 9.55. The zero-order valence-corrected chi connectivity index (χ0v) is 15.4. The van der Waals surface area contributed by atoms with Crippen LogP contribution in [-0.4, -0.2) is 30.3 Å². The fourth-order valence-corrected chi connectivity index (χ4v) is 3.38. The zero-order chi connectivity index (χ0) is 18.7. The first-order valence-electron chi connectivity index (χ1n) is 7.68. The summed E-state index contributed by atoms with van der Waals surface area (Å²) in [5, 5.41) is 0.559. The molecule has 1 N–H and O–H groups in total. The molecule has 7 nitrogen and oxygen atoms in total. The number of nitrogens with zero attached hydrogens (tertiary/aromatic N) is 2. The van der Waals surface area contributed by atoms with Crippen LogP contribution in [0.2, 0.25) is 5.02 Å². The van der Waals surface area contributed by atoms with Crippen molar-refractivity contribution in [1.29, 1.82) is 0 Å². The van der Waals surface area contributed by atoms with Crippen LogP contribution in [-0.2, 0) is 26.2 Å². The first kappa shape index (κ1) is 18.4. The normalized spacial score (nSPS) is 11.6. The minimum absolute atomic E-state index is 0.0651. The van der Waals surface area contributed by atoms with E-state index in [-0.39, 0.29) is 11.5 Å². The number of pyridine rings is 1. The summed E-state index contributed by atoms with van der Waals surface area (Å²) < 4.78 is 33.2. The molecular formula is C17H16ClN3O4S. The Kier molecular flexibility index (Phi) is 5.26. The lowest BCUT2D eigenvalue weighted by atomic mass is 10.2. The number of aryl methyl sites for hydroxylation is 1. The summed E-state index contributed by atoms with van der Waals surface area (Å²) in [4.78, 5) is 16.2. The van der Waals surface area contributed by atoms with Crippen LogP contribution < -0.4 is 4.72 Å². The standard InChI is InChI=1S/C17H16ClN3O4S/c1-12-2-5-15(6-3-12)26(23,24)19-8-17(22)25-11-14-10-21-9-13(18)4-7-16(21)20-14/h2-7,9-10,19H,8,11H2,1H3. The van der Waals surface area contributed by atoms with Crippen molar-refractivity contribution in [3.63, 3.8) is 0 Å². The summed E-state index contributed by atoms with van der Waals surface area (Å²) in [6.45, 7) is 1.33. The van der Waals surface area contributed by atoms with E-state index in [1.54, 1.807) is 41.1 Å². The van der Waals surface area contributed by atoms with Gasteiger partial charge >= 0.3 is 5.97 Å². The van der Waals surface area contributed by atoms with E-state index >= 15 is 0 Å². The maximum atomic E-state index is 12.1. The van der Waals surface area contributed by atoms with Crippen LogP contribution in [0, 0.1) is 6.92 Å². The number of aromatic nitrogens is 2. The van der Waals surface area contributed by atoms with E-state index in [0.717, 1.165) is 5.56 Å². The van der Waals surface area contributed by atoms with Gasteiger partial charge in [0.2, 0.25) is 10.0 Å². The van der Waals surface area contributed by atoms with Crippen molar-refractivity contribution in [3.8, 4) is 0 Å². The molecule has 0 bridgehead atoms. The zero-order valence-electron chi connectivity index (χ0n) is 13.8. The number of hydrogen-bond donors (Lipinski definition) is 1. The van der Waals surface area contributed by atoms with Gasteiger partial charge in [-0.2, -0.15) is 4.72 Å². The highest BCUT2D eigenvalue weighted by Crippen LogP contribution is 2.12. The SMILES string of the molecule is Cc1ccc(S(=O)(=O)NCC(=O)OCc2cn3cc(Cl)ccc3n2)cc1. The van der Waals surface area contributed by atoms with Crippen molar-refractivity contribution >= 4 is 33.2 Å². The molecule has 2 aromatic heterocycles. The smallest absolute Gasteiger partial charge is 0.321 e. The van der Waals surface area contributed by atoms with Gasteiger partial charge in [-0.1, -0.05) is 29.3 Å². The highest BCUT2D eigenvalue weighted by atomic mass is 35.5. The molecule has 0 aliphatic carbocycles.